The van der Waals surface area contributed by atoms with Gasteiger partial charge in [-0.3, -0.25) is 4.90 Å². The number of hydrogen-bond donors (Lipinski definition) is 2. The van der Waals surface area contributed by atoms with Gasteiger partial charge in [-0.25, -0.2) is 4.79 Å². The van der Waals surface area contributed by atoms with E-state index >= 15 is 0 Å². The molecule has 2 N–H and O–H groups in total. The average molecular weight is 312 g/mol. The molecule has 0 saturated heterocycles. The molecule has 0 saturated carbocycles. The molecule has 3 heterocycles. The number of benzene rings is 1. The zero-order chi connectivity index (χ0) is 15.8. The zero-order valence-corrected chi connectivity index (χ0v) is 12.1. The molecular formula is C13H12N8O2. The van der Waals surface area contributed by atoms with E-state index in [9.17, 15) is 4.79 Å². The van der Waals surface area contributed by atoms with Gasteiger partial charge in [-0.05, 0) is 12.1 Å². The minimum Gasteiger partial charge on any atom is -0.401 e. The summed E-state index contributed by atoms with van der Waals surface area (Å²) in [6.45, 7) is 0.274. The number of carbonyl (C=O) groups is 1. The van der Waals surface area contributed by atoms with Crippen LogP contribution in [0.25, 0.3) is 5.70 Å². The Morgan fingerprint density at radius 1 is 1.26 bits per heavy atom. The molecule has 0 radical (unpaired) electrons. The maximum atomic E-state index is 12.0. The third kappa shape index (κ3) is 2.25. The normalized spacial score (nSPS) is 16.7. The summed E-state index contributed by atoms with van der Waals surface area (Å²) in [5.41, 5.74) is 1.30. The smallest absolute Gasteiger partial charge is 0.348 e. The number of aromatic nitrogens is 2. The SMILES string of the molecule is CN1N=NC2=C(c3nnc(Nc4ccccc4)o3)NCN2C1=O. The van der Waals surface area contributed by atoms with Crippen molar-refractivity contribution in [3.8, 4) is 0 Å². The summed E-state index contributed by atoms with van der Waals surface area (Å²) >= 11 is 0. The molecule has 0 bridgehead atoms. The average Bonchev–Trinajstić information content (AvgIpc) is 3.19. The molecule has 0 fully saturated rings. The van der Waals surface area contributed by atoms with Crippen LogP contribution in [0.1, 0.15) is 5.89 Å². The van der Waals surface area contributed by atoms with Crippen molar-refractivity contribution in [3.05, 3.63) is 42.0 Å². The number of nitrogens with one attached hydrogen (secondary N) is 2. The fraction of sp³-hybridized carbons (Fsp3) is 0.154. The van der Waals surface area contributed by atoms with Crippen LogP contribution in [-0.2, 0) is 0 Å². The summed E-state index contributed by atoms with van der Waals surface area (Å²) in [5, 5.41) is 22.9. The van der Waals surface area contributed by atoms with Crippen molar-refractivity contribution in [1.29, 1.82) is 0 Å². The highest BCUT2D eigenvalue weighted by molar-refractivity contribution is 5.81. The van der Waals surface area contributed by atoms with E-state index in [2.05, 4.69) is 31.2 Å². The molecule has 0 unspecified atom stereocenters. The van der Waals surface area contributed by atoms with Crippen molar-refractivity contribution in [1.82, 2.24) is 25.4 Å². The van der Waals surface area contributed by atoms with E-state index in [4.69, 9.17) is 4.42 Å². The maximum Gasteiger partial charge on any atom is 0.348 e. The molecule has 0 spiro atoms. The molecule has 2 aliphatic heterocycles. The van der Waals surface area contributed by atoms with E-state index in [1.807, 2.05) is 30.3 Å². The molecule has 0 aliphatic carbocycles. The van der Waals surface area contributed by atoms with E-state index in [-0.39, 0.29) is 24.6 Å². The maximum absolute atomic E-state index is 12.0. The predicted molar refractivity (Wildman–Crippen MR) is 78.8 cm³/mol. The molecule has 2 aromatic rings. The highest BCUT2D eigenvalue weighted by Crippen LogP contribution is 2.29. The summed E-state index contributed by atoms with van der Waals surface area (Å²) in [7, 11) is 1.54. The molecular weight excluding hydrogens is 300 g/mol. The summed E-state index contributed by atoms with van der Waals surface area (Å²) in [6, 6.07) is 9.43. The monoisotopic (exact) mass is 312 g/mol. The Balaban J connectivity index is 1.62. The fourth-order valence-corrected chi connectivity index (χ4v) is 2.22. The number of urea groups is 1. The number of nitrogens with zero attached hydrogens (tertiary/aromatic N) is 6. The summed E-state index contributed by atoms with van der Waals surface area (Å²) in [5.74, 6) is 0.597. The van der Waals surface area contributed by atoms with Crippen LogP contribution >= 0.6 is 0 Å². The summed E-state index contributed by atoms with van der Waals surface area (Å²) in [4.78, 5) is 13.4. The number of rotatable bonds is 3. The summed E-state index contributed by atoms with van der Waals surface area (Å²) < 4.78 is 5.58. The van der Waals surface area contributed by atoms with Crippen LogP contribution in [0.3, 0.4) is 0 Å². The van der Waals surface area contributed by atoms with Crippen LogP contribution in [0.4, 0.5) is 16.5 Å². The van der Waals surface area contributed by atoms with Gasteiger partial charge in [0.1, 0.15) is 5.70 Å². The largest absolute Gasteiger partial charge is 0.401 e. The lowest BCUT2D eigenvalue weighted by atomic mass is 10.3. The molecule has 2 amide bonds. The lowest BCUT2D eigenvalue weighted by Crippen LogP contribution is -2.40. The quantitative estimate of drug-likeness (QED) is 0.893. The molecule has 4 rings (SSSR count). The third-order valence-corrected chi connectivity index (χ3v) is 3.34. The first-order valence-electron chi connectivity index (χ1n) is 6.83. The van der Waals surface area contributed by atoms with E-state index in [0.29, 0.717) is 11.5 Å². The number of hydrogen-bond acceptors (Lipinski definition) is 8. The number of fused-ring (bicyclic) bond motifs is 1. The first-order chi connectivity index (χ1) is 11.2. The van der Waals surface area contributed by atoms with Crippen molar-refractivity contribution >= 4 is 23.4 Å². The minimum atomic E-state index is -0.278. The van der Waals surface area contributed by atoms with Crippen LogP contribution in [-0.4, -0.2) is 39.9 Å². The molecule has 0 atom stereocenters. The molecule has 10 heteroatoms. The lowest BCUT2D eigenvalue weighted by Gasteiger charge is -2.23. The second kappa shape index (κ2) is 5.09. The number of carbonyl (C=O) groups excluding carboxylic acids is 1. The van der Waals surface area contributed by atoms with Gasteiger partial charge >= 0.3 is 12.0 Å². The Hall–Kier alpha value is -3.43. The Kier molecular flexibility index (Phi) is 2.93. The van der Waals surface area contributed by atoms with Crippen LogP contribution in [0.5, 0.6) is 0 Å². The Labute approximate surface area is 130 Å². The van der Waals surface area contributed by atoms with Crippen molar-refractivity contribution in [3.63, 3.8) is 0 Å². The third-order valence-electron chi connectivity index (χ3n) is 3.34. The van der Waals surface area contributed by atoms with Crippen LogP contribution in [0, 0.1) is 0 Å². The van der Waals surface area contributed by atoms with Crippen molar-refractivity contribution in [2.75, 3.05) is 19.0 Å². The second-order valence-electron chi connectivity index (χ2n) is 4.86. The van der Waals surface area contributed by atoms with Gasteiger partial charge in [0.05, 0.1) is 6.67 Å². The van der Waals surface area contributed by atoms with Gasteiger partial charge in [-0.2, -0.15) is 5.01 Å². The minimum absolute atomic E-state index is 0.234. The Bertz CT molecular complexity index is 812. The van der Waals surface area contributed by atoms with E-state index < -0.39 is 0 Å². The number of amides is 2. The van der Waals surface area contributed by atoms with Gasteiger partial charge in [-0.15, -0.1) is 10.2 Å². The van der Waals surface area contributed by atoms with Gasteiger partial charge in [0, 0.05) is 12.7 Å². The zero-order valence-electron chi connectivity index (χ0n) is 12.1. The van der Waals surface area contributed by atoms with Gasteiger partial charge in [0.25, 0.3) is 5.89 Å². The molecule has 2 aliphatic rings. The van der Waals surface area contributed by atoms with Gasteiger partial charge in [0.15, 0.2) is 5.82 Å². The lowest BCUT2D eigenvalue weighted by molar-refractivity contribution is 0.165. The topological polar surface area (TPSA) is 111 Å². The fourth-order valence-electron chi connectivity index (χ4n) is 2.22. The first kappa shape index (κ1) is 13.2. The van der Waals surface area contributed by atoms with Crippen LogP contribution < -0.4 is 10.6 Å². The molecule has 116 valence electrons. The molecule has 23 heavy (non-hydrogen) atoms. The Morgan fingerprint density at radius 3 is 2.91 bits per heavy atom. The standard InChI is InChI=1S/C13H12N8O2/c1-20-13(22)21-7-14-9(10(21)16-19-20)11-17-18-12(23-11)15-8-5-3-2-4-6-8/h2-6,14H,7H2,1H3,(H,15,18). The van der Waals surface area contributed by atoms with Gasteiger partial charge in [0.2, 0.25) is 0 Å². The van der Waals surface area contributed by atoms with Gasteiger partial charge in [-0.1, -0.05) is 28.5 Å². The van der Waals surface area contributed by atoms with E-state index in [1.54, 1.807) is 0 Å². The van der Waals surface area contributed by atoms with Gasteiger partial charge < -0.3 is 15.1 Å². The van der Waals surface area contributed by atoms with Crippen LogP contribution in [0.2, 0.25) is 0 Å². The highest BCUT2D eigenvalue weighted by Gasteiger charge is 2.35. The first-order valence-corrected chi connectivity index (χ1v) is 6.83. The van der Waals surface area contributed by atoms with Crippen molar-refractivity contribution < 1.29 is 9.21 Å². The van der Waals surface area contributed by atoms with Crippen LogP contribution in [0.15, 0.2) is 50.9 Å². The molecule has 1 aromatic heterocycles. The van der Waals surface area contributed by atoms with Crippen molar-refractivity contribution in [2.24, 2.45) is 10.3 Å². The molecule has 1 aromatic carbocycles. The number of anilines is 2. The Morgan fingerprint density at radius 2 is 2.09 bits per heavy atom. The highest BCUT2D eigenvalue weighted by atomic mass is 16.4. The second-order valence-corrected chi connectivity index (χ2v) is 4.86. The predicted octanol–water partition coefficient (Wildman–Crippen LogP) is 1.73. The van der Waals surface area contributed by atoms with Crippen molar-refractivity contribution in [2.45, 2.75) is 0 Å². The summed E-state index contributed by atoms with van der Waals surface area (Å²) in [6.07, 6.45) is 0. The molecule has 10 nitrogen and oxygen atoms in total. The van der Waals surface area contributed by atoms with E-state index in [0.717, 1.165) is 10.7 Å². The number of para-hydroxylation sites is 1. The van der Waals surface area contributed by atoms with E-state index in [1.165, 1.54) is 11.9 Å².